The number of rotatable bonds is 6. The fraction of sp³-hybridized carbons (Fsp3) is 0.133. The highest BCUT2D eigenvalue weighted by Gasteiger charge is 2.12. The Kier molecular flexibility index (Phi) is 5.91. The number of amides is 2. The molecule has 2 amide bonds. The van der Waals surface area contributed by atoms with E-state index in [0.717, 1.165) is 17.0 Å². The maximum absolute atomic E-state index is 12.9. The summed E-state index contributed by atoms with van der Waals surface area (Å²) in [7, 11) is 0. The number of anilines is 2. The van der Waals surface area contributed by atoms with Crippen molar-refractivity contribution in [3.05, 3.63) is 46.7 Å². The van der Waals surface area contributed by atoms with Gasteiger partial charge < -0.3 is 5.32 Å². The second-order valence-electron chi connectivity index (χ2n) is 4.97. The lowest BCUT2D eigenvalue weighted by molar-refractivity contribution is -0.113. The Hall–Kier alpha value is -2.37. The Bertz CT molecular complexity index is 926. The van der Waals surface area contributed by atoms with Gasteiger partial charge in [0.05, 0.1) is 11.4 Å². The Morgan fingerprint density at radius 1 is 1.15 bits per heavy atom. The van der Waals surface area contributed by atoms with Crippen molar-refractivity contribution < 1.29 is 14.0 Å². The molecule has 2 N–H and O–H groups in total. The van der Waals surface area contributed by atoms with Crippen molar-refractivity contribution in [3.63, 3.8) is 0 Å². The smallest absolute Gasteiger partial charge is 0.257 e. The number of aryl methyl sites for hydroxylation is 1. The number of thioether (sulfide) groups is 1. The van der Waals surface area contributed by atoms with E-state index in [1.807, 2.05) is 12.3 Å². The monoisotopic (exact) mass is 409 g/mol. The number of thiazole rings is 1. The number of carbonyl (C=O) groups excluding carboxylic acids is 2. The largest absolute Gasteiger partial charge is 0.301 e. The van der Waals surface area contributed by atoms with E-state index in [1.165, 1.54) is 47.4 Å². The van der Waals surface area contributed by atoms with Crippen molar-refractivity contribution in [1.82, 2.24) is 15.2 Å². The zero-order valence-corrected chi connectivity index (χ0v) is 15.8. The highest BCUT2D eigenvalue weighted by Crippen LogP contribution is 2.26. The Morgan fingerprint density at radius 2 is 1.92 bits per heavy atom. The second kappa shape index (κ2) is 8.34. The van der Waals surface area contributed by atoms with E-state index >= 15 is 0 Å². The van der Waals surface area contributed by atoms with Crippen molar-refractivity contribution in [3.8, 4) is 0 Å². The third-order valence-corrected chi connectivity index (χ3v) is 5.77. The van der Waals surface area contributed by atoms with Crippen LogP contribution in [0.15, 0.2) is 34.0 Å². The lowest BCUT2D eigenvalue weighted by Crippen LogP contribution is -2.13. The van der Waals surface area contributed by atoms with E-state index in [0.29, 0.717) is 20.2 Å². The van der Waals surface area contributed by atoms with Crippen LogP contribution in [0.2, 0.25) is 0 Å². The third kappa shape index (κ3) is 5.07. The minimum Gasteiger partial charge on any atom is -0.301 e. The Labute approximate surface area is 160 Å². The molecule has 11 heteroatoms. The fourth-order valence-electron chi connectivity index (χ4n) is 1.78. The molecule has 1 aromatic carbocycles. The summed E-state index contributed by atoms with van der Waals surface area (Å²) in [5.41, 5.74) is 1.16. The first kappa shape index (κ1) is 18.4. The van der Waals surface area contributed by atoms with Gasteiger partial charge in [0.25, 0.3) is 5.91 Å². The predicted molar refractivity (Wildman–Crippen MR) is 100 cm³/mol. The summed E-state index contributed by atoms with van der Waals surface area (Å²) in [5, 5.41) is 15.8. The van der Waals surface area contributed by atoms with Crippen molar-refractivity contribution in [2.24, 2.45) is 0 Å². The summed E-state index contributed by atoms with van der Waals surface area (Å²) in [4.78, 5) is 28.1. The van der Waals surface area contributed by atoms with E-state index in [4.69, 9.17) is 0 Å². The average Bonchev–Trinajstić information content (AvgIpc) is 3.22. The number of hydrogen-bond donors (Lipinski definition) is 2. The molecule has 0 fully saturated rings. The molecular weight excluding hydrogens is 397 g/mol. The molecule has 0 spiro atoms. The van der Waals surface area contributed by atoms with Crippen LogP contribution in [0.3, 0.4) is 0 Å². The molecular formula is C15H12FN5O2S3. The molecule has 0 saturated carbocycles. The molecule has 0 radical (unpaired) electrons. The molecule has 0 aliphatic carbocycles. The average molecular weight is 409 g/mol. The first-order valence-electron chi connectivity index (χ1n) is 7.25. The molecule has 3 aromatic rings. The fourth-order valence-corrected chi connectivity index (χ4v) is 4.03. The van der Waals surface area contributed by atoms with Gasteiger partial charge >= 0.3 is 0 Å². The first-order chi connectivity index (χ1) is 12.5. The van der Waals surface area contributed by atoms with Crippen LogP contribution in [0.1, 0.15) is 16.1 Å². The molecule has 0 unspecified atom stereocenters. The van der Waals surface area contributed by atoms with Gasteiger partial charge in [0.15, 0.2) is 9.47 Å². The molecule has 0 aliphatic heterocycles. The lowest BCUT2D eigenvalue weighted by atomic mass is 10.2. The molecule has 7 nitrogen and oxygen atoms in total. The lowest BCUT2D eigenvalue weighted by Gasteiger charge is -2.00. The molecule has 0 aliphatic rings. The van der Waals surface area contributed by atoms with Crippen LogP contribution in [0.4, 0.5) is 14.7 Å². The number of benzene rings is 1. The molecule has 26 heavy (non-hydrogen) atoms. The quantitative estimate of drug-likeness (QED) is 0.478. The van der Waals surface area contributed by atoms with E-state index in [-0.39, 0.29) is 11.7 Å². The first-order valence-corrected chi connectivity index (χ1v) is 9.93. The van der Waals surface area contributed by atoms with Crippen molar-refractivity contribution >= 4 is 56.5 Å². The normalized spacial score (nSPS) is 10.5. The summed E-state index contributed by atoms with van der Waals surface area (Å²) < 4.78 is 13.4. The van der Waals surface area contributed by atoms with Gasteiger partial charge in [0.1, 0.15) is 5.82 Å². The number of nitrogens with one attached hydrogen (secondary N) is 2. The van der Waals surface area contributed by atoms with E-state index in [1.54, 1.807) is 0 Å². The Balaban J connectivity index is 1.50. The highest BCUT2D eigenvalue weighted by atomic mass is 32.2. The zero-order chi connectivity index (χ0) is 18.5. The molecule has 2 aromatic heterocycles. The van der Waals surface area contributed by atoms with Crippen LogP contribution in [-0.4, -0.2) is 32.7 Å². The maximum Gasteiger partial charge on any atom is 0.257 e. The Morgan fingerprint density at radius 3 is 2.62 bits per heavy atom. The van der Waals surface area contributed by atoms with Crippen molar-refractivity contribution in [1.29, 1.82) is 0 Å². The number of carbonyl (C=O) groups is 2. The molecule has 3 rings (SSSR count). The number of hydrogen-bond acceptors (Lipinski definition) is 8. The van der Waals surface area contributed by atoms with Gasteiger partial charge in [-0.25, -0.2) is 9.37 Å². The third-order valence-electron chi connectivity index (χ3n) is 2.93. The predicted octanol–water partition coefficient (Wildman–Crippen LogP) is 3.43. The number of halogens is 1. The summed E-state index contributed by atoms with van der Waals surface area (Å²) >= 11 is 3.72. The second-order valence-corrected chi connectivity index (χ2v) is 8.02. The molecule has 134 valence electrons. The van der Waals surface area contributed by atoms with Gasteiger partial charge in [-0.05, 0) is 31.2 Å². The molecule has 0 atom stereocenters. The van der Waals surface area contributed by atoms with Gasteiger partial charge in [-0.1, -0.05) is 23.1 Å². The van der Waals surface area contributed by atoms with Gasteiger partial charge in [0, 0.05) is 10.9 Å². The zero-order valence-electron chi connectivity index (χ0n) is 13.4. The minimum absolute atomic E-state index is 0.152. The SMILES string of the molecule is Cc1csc(NC(=O)CSc2nnc(NC(=O)c3ccc(F)cc3)s2)n1. The standard InChI is InChI=1S/C15H12FN5O2S3/c1-8-6-24-13(17-8)18-11(22)7-25-15-21-20-14(26-15)19-12(23)9-2-4-10(16)5-3-9/h2-6H,7H2,1H3,(H,17,18,22)(H,19,20,23). The van der Waals surface area contributed by atoms with Gasteiger partial charge in [0.2, 0.25) is 11.0 Å². The van der Waals surface area contributed by atoms with Crippen LogP contribution < -0.4 is 10.6 Å². The summed E-state index contributed by atoms with van der Waals surface area (Å²) in [6.45, 7) is 1.85. The summed E-state index contributed by atoms with van der Waals surface area (Å²) in [6.07, 6.45) is 0. The highest BCUT2D eigenvalue weighted by molar-refractivity contribution is 8.01. The molecule has 0 saturated heterocycles. The van der Waals surface area contributed by atoms with Crippen LogP contribution >= 0.6 is 34.4 Å². The van der Waals surface area contributed by atoms with E-state index in [9.17, 15) is 14.0 Å². The summed E-state index contributed by atoms with van der Waals surface area (Å²) in [5.74, 6) is -0.868. The van der Waals surface area contributed by atoms with Crippen LogP contribution in [0, 0.1) is 12.7 Å². The number of nitrogens with zero attached hydrogens (tertiary/aromatic N) is 3. The number of aromatic nitrogens is 3. The maximum atomic E-state index is 12.9. The van der Waals surface area contributed by atoms with Gasteiger partial charge in [-0.15, -0.1) is 21.5 Å². The van der Waals surface area contributed by atoms with Crippen LogP contribution in [0.5, 0.6) is 0 Å². The van der Waals surface area contributed by atoms with E-state index in [2.05, 4.69) is 25.8 Å². The van der Waals surface area contributed by atoms with Gasteiger partial charge in [-0.3, -0.25) is 14.9 Å². The topological polar surface area (TPSA) is 96.9 Å². The summed E-state index contributed by atoms with van der Waals surface area (Å²) in [6, 6.07) is 5.18. The van der Waals surface area contributed by atoms with Crippen LogP contribution in [-0.2, 0) is 4.79 Å². The molecule has 0 bridgehead atoms. The van der Waals surface area contributed by atoms with Crippen molar-refractivity contribution in [2.75, 3.05) is 16.4 Å². The van der Waals surface area contributed by atoms with E-state index < -0.39 is 11.7 Å². The van der Waals surface area contributed by atoms with Crippen molar-refractivity contribution in [2.45, 2.75) is 11.3 Å². The minimum atomic E-state index is -0.415. The molecule has 2 heterocycles. The van der Waals surface area contributed by atoms with Gasteiger partial charge in [-0.2, -0.15) is 0 Å². The van der Waals surface area contributed by atoms with Crippen LogP contribution in [0.25, 0.3) is 0 Å².